The van der Waals surface area contributed by atoms with Crippen LogP contribution in [0.3, 0.4) is 0 Å². The number of pyridine rings is 1. The number of rotatable bonds is 7. The van der Waals surface area contributed by atoms with Gasteiger partial charge in [0.1, 0.15) is 5.69 Å². The summed E-state index contributed by atoms with van der Waals surface area (Å²) in [6.45, 7) is 12.4. The van der Waals surface area contributed by atoms with Crippen molar-refractivity contribution in [2.24, 2.45) is 5.92 Å². The lowest BCUT2D eigenvalue weighted by Crippen LogP contribution is -2.61. The van der Waals surface area contributed by atoms with E-state index < -0.39 is 5.54 Å². The van der Waals surface area contributed by atoms with Gasteiger partial charge in [-0.15, -0.1) is 0 Å². The van der Waals surface area contributed by atoms with Crippen molar-refractivity contribution in [3.05, 3.63) is 30.1 Å². The van der Waals surface area contributed by atoms with Crippen molar-refractivity contribution >= 4 is 32.8 Å². The molecule has 0 unspecified atom stereocenters. The fourth-order valence-electron chi connectivity index (χ4n) is 4.82. The van der Waals surface area contributed by atoms with E-state index >= 15 is 0 Å². The molecule has 30 heavy (non-hydrogen) atoms. The van der Waals surface area contributed by atoms with Crippen LogP contribution in [0.15, 0.2) is 24.4 Å². The third-order valence-corrected chi connectivity index (χ3v) is 6.50. The van der Waals surface area contributed by atoms with Gasteiger partial charge in [0.2, 0.25) is 5.78 Å². The monoisotopic (exact) mass is 455 g/mol. The first kappa shape index (κ1) is 27.4. The minimum absolute atomic E-state index is 0. The maximum Gasteiger partial charge on any atom is 0.201 e. The highest BCUT2D eigenvalue weighted by atomic mass is 32.1. The zero-order valence-electron chi connectivity index (χ0n) is 19.3. The SMILES string of the molecule is CC(C)CCN(C)[C@H]1CCN([C@@]2(C(=O)c3ccccn3)CCOC(C)(C)C2)C1.S.S. The summed E-state index contributed by atoms with van der Waals surface area (Å²) < 4.78 is 6.00. The third kappa shape index (κ3) is 6.22. The number of likely N-dealkylation sites (tertiary alicyclic amines) is 1. The summed E-state index contributed by atoms with van der Waals surface area (Å²) >= 11 is 0. The molecule has 3 heterocycles. The van der Waals surface area contributed by atoms with Gasteiger partial charge in [0, 0.05) is 38.4 Å². The third-order valence-electron chi connectivity index (χ3n) is 6.50. The van der Waals surface area contributed by atoms with Gasteiger partial charge in [-0.2, -0.15) is 27.0 Å². The number of ether oxygens (including phenoxy) is 1. The van der Waals surface area contributed by atoms with E-state index in [2.05, 4.69) is 49.5 Å². The summed E-state index contributed by atoms with van der Waals surface area (Å²) in [5, 5.41) is 0. The number of hydrogen-bond donors (Lipinski definition) is 0. The Hall–Kier alpha value is -0.600. The molecule has 0 spiro atoms. The lowest BCUT2D eigenvalue weighted by atomic mass is 9.76. The quantitative estimate of drug-likeness (QED) is 0.584. The van der Waals surface area contributed by atoms with E-state index in [9.17, 15) is 4.79 Å². The summed E-state index contributed by atoms with van der Waals surface area (Å²) in [7, 11) is 2.23. The molecule has 0 N–H and O–H groups in total. The first-order valence-electron chi connectivity index (χ1n) is 10.8. The van der Waals surface area contributed by atoms with Gasteiger partial charge < -0.3 is 9.64 Å². The van der Waals surface area contributed by atoms with E-state index in [0.717, 1.165) is 38.9 Å². The summed E-state index contributed by atoms with van der Waals surface area (Å²) in [5.74, 6) is 0.878. The Labute approximate surface area is 196 Å². The molecule has 0 aromatic carbocycles. The van der Waals surface area contributed by atoms with Gasteiger partial charge in [0.05, 0.1) is 11.1 Å². The molecule has 0 aliphatic carbocycles. The van der Waals surface area contributed by atoms with Crippen LogP contribution in [-0.2, 0) is 4.74 Å². The van der Waals surface area contributed by atoms with Crippen LogP contribution in [0.25, 0.3) is 0 Å². The smallest absolute Gasteiger partial charge is 0.201 e. The number of aromatic nitrogens is 1. The van der Waals surface area contributed by atoms with Gasteiger partial charge >= 0.3 is 0 Å². The van der Waals surface area contributed by atoms with Crippen LogP contribution in [0.5, 0.6) is 0 Å². The Kier molecular flexibility index (Phi) is 10.4. The number of carbonyl (C=O) groups is 1. The van der Waals surface area contributed by atoms with Crippen molar-refractivity contribution in [1.29, 1.82) is 0 Å². The molecule has 1 aromatic heterocycles. The highest BCUT2D eigenvalue weighted by Gasteiger charge is 2.52. The van der Waals surface area contributed by atoms with Crippen molar-refractivity contribution in [2.75, 3.05) is 33.3 Å². The van der Waals surface area contributed by atoms with Crippen LogP contribution in [0.1, 0.15) is 63.9 Å². The summed E-state index contributed by atoms with van der Waals surface area (Å²) in [5.41, 5.74) is -0.231. The number of ketones is 1. The minimum atomic E-state index is -0.510. The molecule has 7 heteroatoms. The molecular weight excluding hydrogens is 414 g/mol. The first-order chi connectivity index (χ1) is 13.2. The molecular formula is C23H41N3O2S2. The number of nitrogens with zero attached hydrogens (tertiary/aromatic N) is 3. The first-order valence-corrected chi connectivity index (χ1v) is 10.8. The largest absolute Gasteiger partial charge is 0.375 e. The van der Waals surface area contributed by atoms with Gasteiger partial charge in [0.15, 0.2) is 0 Å². The van der Waals surface area contributed by atoms with Gasteiger partial charge in [-0.3, -0.25) is 14.7 Å². The minimum Gasteiger partial charge on any atom is -0.375 e. The van der Waals surface area contributed by atoms with E-state index in [-0.39, 0.29) is 38.4 Å². The summed E-state index contributed by atoms with van der Waals surface area (Å²) in [6.07, 6.45) is 5.52. The van der Waals surface area contributed by atoms with Crippen LogP contribution >= 0.6 is 27.0 Å². The summed E-state index contributed by atoms with van der Waals surface area (Å²) in [6, 6.07) is 6.14. The van der Waals surface area contributed by atoms with Crippen molar-refractivity contribution in [1.82, 2.24) is 14.8 Å². The molecule has 0 amide bonds. The second-order valence-corrected chi connectivity index (χ2v) is 9.66. The Bertz CT molecular complexity index is 672. The maximum absolute atomic E-state index is 13.7. The molecule has 0 bridgehead atoms. The number of carbonyl (C=O) groups excluding carboxylic acids is 1. The molecule has 172 valence electrons. The molecule has 0 radical (unpaired) electrons. The normalized spacial score (nSPS) is 26.3. The predicted octanol–water partition coefficient (Wildman–Crippen LogP) is 3.87. The summed E-state index contributed by atoms with van der Waals surface area (Å²) in [4.78, 5) is 23.0. The van der Waals surface area contributed by atoms with Gasteiger partial charge in [0.25, 0.3) is 0 Å². The van der Waals surface area contributed by atoms with Crippen LogP contribution in [-0.4, -0.2) is 71.0 Å². The van der Waals surface area contributed by atoms with Crippen LogP contribution < -0.4 is 0 Å². The number of Topliss-reactive ketones (excluding diaryl/α,β-unsaturated/α-hetero) is 1. The standard InChI is InChI=1S/C23H37N3O2.2H2S/c1-18(2)9-13-25(5)19-10-14-26(16-19)23(11-15-28-22(3,4)17-23)21(27)20-8-6-7-12-24-20;;/h6-8,12,18-19H,9-11,13-17H2,1-5H3;2*1H2/t19-,23-;;/m0../s1. The highest BCUT2D eigenvalue weighted by Crippen LogP contribution is 2.40. The molecule has 2 fully saturated rings. The van der Waals surface area contributed by atoms with Crippen molar-refractivity contribution < 1.29 is 9.53 Å². The van der Waals surface area contributed by atoms with E-state index in [1.54, 1.807) is 6.20 Å². The molecule has 2 saturated heterocycles. The van der Waals surface area contributed by atoms with E-state index in [1.165, 1.54) is 6.42 Å². The zero-order valence-corrected chi connectivity index (χ0v) is 21.3. The van der Waals surface area contributed by atoms with Crippen molar-refractivity contribution in [3.63, 3.8) is 0 Å². The number of likely N-dealkylation sites (N-methyl/N-ethyl adjacent to an activating group) is 1. The van der Waals surface area contributed by atoms with Crippen LogP contribution in [0.2, 0.25) is 0 Å². The van der Waals surface area contributed by atoms with Crippen LogP contribution in [0, 0.1) is 5.92 Å². The van der Waals surface area contributed by atoms with Crippen LogP contribution in [0.4, 0.5) is 0 Å². The lowest BCUT2D eigenvalue weighted by molar-refractivity contribution is -0.104. The Morgan fingerprint density at radius 2 is 2.07 bits per heavy atom. The fraction of sp³-hybridized carbons (Fsp3) is 0.739. The lowest BCUT2D eigenvalue weighted by Gasteiger charge is -2.48. The van der Waals surface area contributed by atoms with Gasteiger partial charge in [-0.05, 0) is 64.8 Å². The highest BCUT2D eigenvalue weighted by molar-refractivity contribution is 7.59. The molecule has 5 nitrogen and oxygen atoms in total. The molecule has 1 aromatic rings. The maximum atomic E-state index is 13.7. The molecule has 0 saturated carbocycles. The second-order valence-electron chi connectivity index (χ2n) is 9.66. The van der Waals surface area contributed by atoms with Gasteiger partial charge in [-0.25, -0.2) is 0 Å². The van der Waals surface area contributed by atoms with Crippen molar-refractivity contribution in [2.45, 2.75) is 70.6 Å². The average Bonchev–Trinajstić information content (AvgIpc) is 3.16. The molecule has 2 atom stereocenters. The van der Waals surface area contributed by atoms with E-state index in [0.29, 0.717) is 24.3 Å². The Morgan fingerprint density at radius 3 is 2.67 bits per heavy atom. The molecule has 2 aliphatic heterocycles. The fourth-order valence-corrected chi connectivity index (χ4v) is 4.82. The van der Waals surface area contributed by atoms with Gasteiger partial charge in [-0.1, -0.05) is 19.9 Å². The predicted molar refractivity (Wildman–Crippen MR) is 133 cm³/mol. The Balaban J connectivity index is 0.00000225. The topological polar surface area (TPSA) is 45.7 Å². The van der Waals surface area contributed by atoms with Crippen molar-refractivity contribution in [3.8, 4) is 0 Å². The van der Waals surface area contributed by atoms with E-state index in [1.807, 2.05) is 18.2 Å². The molecule has 2 aliphatic rings. The molecule has 3 rings (SSSR count). The van der Waals surface area contributed by atoms with E-state index in [4.69, 9.17) is 4.74 Å². The number of hydrogen-bond acceptors (Lipinski definition) is 5. The second kappa shape index (κ2) is 11.3. The Morgan fingerprint density at radius 1 is 1.33 bits per heavy atom. The zero-order chi connectivity index (χ0) is 20.4. The average molecular weight is 456 g/mol.